The van der Waals surface area contributed by atoms with Gasteiger partial charge in [-0.1, -0.05) is 24.3 Å². The molecule has 0 unspecified atom stereocenters. The Morgan fingerprint density at radius 2 is 1.88 bits per heavy atom. The maximum absolute atomic E-state index is 9.20. The van der Waals surface area contributed by atoms with Crippen LogP contribution in [0.25, 0.3) is 0 Å². The number of nitrogen functional groups attached to an aromatic ring is 1. The summed E-state index contributed by atoms with van der Waals surface area (Å²) in [7, 11) is 0. The predicted octanol–water partition coefficient (Wildman–Crippen LogP) is 2.86. The predicted molar refractivity (Wildman–Crippen MR) is 68.0 cm³/mol. The highest BCUT2D eigenvalue weighted by Crippen LogP contribution is 2.30. The molecule has 17 heavy (non-hydrogen) atoms. The van der Waals surface area contributed by atoms with Crippen LogP contribution in [0.3, 0.4) is 0 Å². The maximum Gasteiger partial charge on any atom is 0.150 e. The van der Waals surface area contributed by atoms with Gasteiger partial charge in [-0.2, -0.15) is 0 Å². The second kappa shape index (κ2) is 4.89. The molecule has 0 aromatic heterocycles. The molecule has 0 aliphatic carbocycles. The van der Waals surface area contributed by atoms with Gasteiger partial charge in [0.1, 0.15) is 11.5 Å². The number of ether oxygens (including phenoxy) is 1. The van der Waals surface area contributed by atoms with E-state index in [0.717, 1.165) is 11.1 Å². The van der Waals surface area contributed by atoms with Crippen LogP contribution in [0, 0.1) is 6.92 Å². The fourth-order valence-electron chi connectivity index (χ4n) is 1.61. The second-order valence-corrected chi connectivity index (χ2v) is 3.91. The number of aliphatic hydroxyl groups is 1. The van der Waals surface area contributed by atoms with Gasteiger partial charge in [0.2, 0.25) is 0 Å². The zero-order valence-corrected chi connectivity index (χ0v) is 9.68. The number of aliphatic hydroxyl groups excluding tert-OH is 1. The van der Waals surface area contributed by atoms with Crippen molar-refractivity contribution >= 4 is 5.69 Å². The van der Waals surface area contributed by atoms with Crippen LogP contribution in [-0.2, 0) is 6.61 Å². The Morgan fingerprint density at radius 3 is 2.59 bits per heavy atom. The SMILES string of the molecule is Cc1ccc(Oc2ccccc2CO)c(N)c1. The largest absolute Gasteiger partial charge is 0.455 e. The molecule has 3 nitrogen and oxygen atoms in total. The molecule has 0 heterocycles. The first-order valence-corrected chi connectivity index (χ1v) is 5.43. The first-order chi connectivity index (χ1) is 8.20. The second-order valence-electron chi connectivity index (χ2n) is 3.91. The van der Waals surface area contributed by atoms with Crippen molar-refractivity contribution in [3.05, 3.63) is 53.6 Å². The number of anilines is 1. The van der Waals surface area contributed by atoms with E-state index in [4.69, 9.17) is 10.5 Å². The van der Waals surface area contributed by atoms with Crippen LogP contribution in [-0.4, -0.2) is 5.11 Å². The lowest BCUT2D eigenvalue weighted by Gasteiger charge is -2.11. The number of hydrogen-bond acceptors (Lipinski definition) is 3. The van der Waals surface area contributed by atoms with E-state index in [-0.39, 0.29) is 6.61 Å². The van der Waals surface area contributed by atoms with Gasteiger partial charge in [-0.25, -0.2) is 0 Å². The topological polar surface area (TPSA) is 55.5 Å². The standard InChI is InChI=1S/C14H15NO2/c1-10-6-7-14(12(15)8-10)17-13-5-3-2-4-11(13)9-16/h2-8,16H,9,15H2,1H3. The number of para-hydroxylation sites is 1. The van der Waals surface area contributed by atoms with Crippen LogP contribution in [0.2, 0.25) is 0 Å². The molecule has 0 aliphatic heterocycles. The minimum atomic E-state index is -0.0536. The van der Waals surface area contributed by atoms with E-state index in [1.807, 2.05) is 49.4 Å². The third kappa shape index (κ3) is 2.57. The molecule has 0 spiro atoms. The van der Waals surface area contributed by atoms with Crippen molar-refractivity contribution in [3.63, 3.8) is 0 Å². The summed E-state index contributed by atoms with van der Waals surface area (Å²) in [6, 6.07) is 13.0. The van der Waals surface area contributed by atoms with E-state index in [9.17, 15) is 5.11 Å². The molecule has 2 rings (SSSR count). The fourth-order valence-corrected chi connectivity index (χ4v) is 1.61. The number of rotatable bonds is 3. The van der Waals surface area contributed by atoms with Gasteiger partial charge in [0.15, 0.2) is 0 Å². The molecule has 3 heteroatoms. The van der Waals surface area contributed by atoms with Gasteiger partial charge in [0, 0.05) is 5.56 Å². The third-order valence-electron chi connectivity index (χ3n) is 2.53. The Labute approximate surface area is 100 Å². The Balaban J connectivity index is 2.31. The molecular weight excluding hydrogens is 214 g/mol. The molecule has 3 N–H and O–H groups in total. The maximum atomic E-state index is 9.20. The van der Waals surface area contributed by atoms with Crippen molar-refractivity contribution in [2.45, 2.75) is 13.5 Å². The first-order valence-electron chi connectivity index (χ1n) is 5.43. The van der Waals surface area contributed by atoms with E-state index in [0.29, 0.717) is 17.2 Å². The lowest BCUT2D eigenvalue weighted by atomic mass is 10.2. The Kier molecular flexibility index (Phi) is 3.30. The zero-order valence-electron chi connectivity index (χ0n) is 9.68. The van der Waals surface area contributed by atoms with Gasteiger partial charge in [-0.3, -0.25) is 0 Å². The Bertz CT molecular complexity index is 523. The summed E-state index contributed by atoms with van der Waals surface area (Å²) in [5, 5.41) is 9.20. The summed E-state index contributed by atoms with van der Waals surface area (Å²) in [6.07, 6.45) is 0. The van der Waals surface area contributed by atoms with Crippen LogP contribution in [0.1, 0.15) is 11.1 Å². The van der Waals surface area contributed by atoms with E-state index in [1.165, 1.54) is 0 Å². The van der Waals surface area contributed by atoms with Crippen LogP contribution >= 0.6 is 0 Å². The summed E-state index contributed by atoms with van der Waals surface area (Å²) in [5.74, 6) is 1.24. The van der Waals surface area contributed by atoms with Crippen LogP contribution in [0.5, 0.6) is 11.5 Å². The highest BCUT2D eigenvalue weighted by Gasteiger charge is 2.05. The highest BCUT2D eigenvalue weighted by atomic mass is 16.5. The lowest BCUT2D eigenvalue weighted by Crippen LogP contribution is -1.95. The van der Waals surface area contributed by atoms with Gasteiger partial charge in [-0.05, 0) is 30.7 Å². The summed E-state index contributed by atoms with van der Waals surface area (Å²) in [4.78, 5) is 0. The number of nitrogens with two attached hydrogens (primary N) is 1. The van der Waals surface area contributed by atoms with Gasteiger partial charge < -0.3 is 15.6 Å². The molecule has 88 valence electrons. The molecule has 0 bridgehead atoms. The fraction of sp³-hybridized carbons (Fsp3) is 0.143. The molecule has 0 saturated heterocycles. The highest BCUT2D eigenvalue weighted by molar-refractivity contribution is 5.56. The smallest absolute Gasteiger partial charge is 0.150 e. The summed E-state index contributed by atoms with van der Waals surface area (Å²) in [5.41, 5.74) is 8.30. The van der Waals surface area contributed by atoms with Gasteiger partial charge >= 0.3 is 0 Å². The van der Waals surface area contributed by atoms with E-state index < -0.39 is 0 Å². The first kappa shape index (κ1) is 11.5. The quantitative estimate of drug-likeness (QED) is 0.796. The summed E-state index contributed by atoms with van der Waals surface area (Å²) in [6.45, 7) is 1.92. The van der Waals surface area contributed by atoms with Crippen molar-refractivity contribution in [2.75, 3.05) is 5.73 Å². The van der Waals surface area contributed by atoms with E-state index in [1.54, 1.807) is 0 Å². The lowest BCUT2D eigenvalue weighted by molar-refractivity contribution is 0.276. The van der Waals surface area contributed by atoms with Crippen LogP contribution < -0.4 is 10.5 Å². The molecule has 0 amide bonds. The Morgan fingerprint density at radius 1 is 1.12 bits per heavy atom. The summed E-state index contributed by atoms with van der Waals surface area (Å²) < 4.78 is 5.70. The molecule has 0 saturated carbocycles. The van der Waals surface area contributed by atoms with E-state index >= 15 is 0 Å². The monoisotopic (exact) mass is 229 g/mol. The van der Waals surface area contributed by atoms with E-state index in [2.05, 4.69) is 0 Å². The van der Waals surface area contributed by atoms with Gasteiger partial charge in [0.25, 0.3) is 0 Å². The van der Waals surface area contributed by atoms with Crippen molar-refractivity contribution in [2.24, 2.45) is 0 Å². The van der Waals surface area contributed by atoms with Crippen LogP contribution in [0.4, 0.5) is 5.69 Å². The zero-order chi connectivity index (χ0) is 12.3. The van der Waals surface area contributed by atoms with Crippen molar-refractivity contribution in [3.8, 4) is 11.5 Å². The average molecular weight is 229 g/mol. The van der Waals surface area contributed by atoms with Gasteiger partial charge in [-0.15, -0.1) is 0 Å². The van der Waals surface area contributed by atoms with Crippen molar-refractivity contribution in [1.82, 2.24) is 0 Å². The minimum Gasteiger partial charge on any atom is -0.455 e. The number of benzene rings is 2. The van der Waals surface area contributed by atoms with Crippen molar-refractivity contribution < 1.29 is 9.84 Å². The molecule has 0 aliphatic rings. The molecular formula is C14H15NO2. The molecule has 0 radical (unpaired) electrons. The normalized spacial score (nSPS) is 10.2. The number of aryl methyl sites for hydroxylation is 1. The average Bonchev–Trinajstić information content (AvgIpc) is 2.33. The minimum absolute atomic E-state index is 0.0536. The molecule has 2 aromatic rings. The molecule has 0 atom stereocenters. The molecule has 0 fully saturated rings. The number of hydrogen-bond donors (Lipinski definition) is 2. The van der Waals surface area contributed by atoms with Gasteiger partial charge in [0.05, 0.1) is 12.3 Å². The molecule has 2 aromatic carbocycles. The van der Waals surface area contributed by atoms with Crippen LogP contribution in [0.15, 0.2) is 42.5 Å². The Hall–Kier alpha value is -2.00. The third-order valence-corrected chi connectivity index (χ3v) is 2.53. The summed E-state index contributed by atoms with van der Waals surface area (Å²) >= 11 is 0. The van der Waals surface area contributed by atoms with Crippen molar-refractivity contribution in [1.29, 1.82) is 0 Å².